The summed E-state index contributed by atoms with van der Waals surface area (Å²) in [6.45, 7) is 6.16. The highest BCUT2D eigenvalue weighted by Gasteiger charge is 2.14. The fourth-order valence-electron chi connectivity index (χ4n) is 3.29. The van der Waals surface area contributed by atoms with E-state index in [2.05, 4.69) is 15.8 Å². The third-order valence-corrected chi connectivity index (χ3v) is 5.03. The van der Waals surface area contributed by atoms with E-state index >= 15 is 0 Å². The number of para-hydroxylation sites is 2. The van der Waals surface area contributed by atoms with Crippen LogP contribution < -0.4 is 15.5 Å². The molecule has 3 aromatic rings. The molecule has 0 spiro atoms. The van der Waals surface area contributed by atoms with Gasteiger partial charge in [0.1, 0.15) is 5.75 Å². The van der Waals surface area contributed by atoms with Crippen molar-refractivity contribution in [1.29, 1.82) is 0 Å². The molecule has 0 atom stereocenters. The first kappa shape index (κ1) is 22.9. The Labute approximate surface area is 190 Å². The van der Waals surface area contributed by atoms with E-state index < -0.39 is 12.0 Å². The molecule has 0 fully saturated rings. The minimum atomic E-state index is -1.08. The first-order chi connectivity index (χ1) is 15.3. The monoisotopic (exact) mass is 454 g/mol. The molecule has 0 bridgehead atoms. The van der Waals surface area contributed by atoms with Gasteiger partial charge >= 0.3 is 12.0 Å². The van der Waals surface area contributed by atoms with Crippen LogP contribution in [-0.4, -0.2) is 34.5 Å². The number of aromatic nitrogens is 1. The van der Waals surface area contributed by atoms with Gasteiger partial charge in [0.15, 0.2) is 0 Å². The fraction of sp³-hybridized carbons (Fsp3) is 0.174. The number of rotatable bonds is 7. The van der Waals surface area contributed by atoms with Gasteiger partial charge in [0.05, 0.1) is 29.1 Å². The van der Waals surface area contributed by atoms with Crippen molar-refractivity contribution in [3.63, 3.8) is 0 Å². The average Bonchev–Trinajstić information content (AvgIpc) is 3.02. The number of anilines is 1. The van der Waals surface area contributed by atoms with E-state index in [1.807, 2.05) is 37.5 Å². The van der Waals surface area contributed by atoms with Crippen LogP contribution in [0.15, 0.2) is 53.6 Å². The number of carboxylic acid groups (broad SMARTS) is 1. The molecule has 0 aliphatic heterocycles. The Hall–Kier alpha value is -3.78. The van der Waals surface area contributed by atoms with Crippen LogP contribution in [0.5, 0.6) is 5.75 Å². The molecule has 0 unspecified atom stereocenters. The third kappa shape index (κ3) is 5.09. The van der Waals surface area contributed by atoms with Gasteiger partial charge in [-0.2, -0.15) is 5.10 Å². The molecule has 9 heteroatoms. The SMILES string of the molecule is CCOc1ccccc1NC(=O)N/N=C/c1cc(C)n(-c2ccc(C(=O)O)c(Cl)c2)c1C. The lowest BCUT2D eigenvalue weighted by Gasteiger charge is -2.11. The van der Waals surface area contributed by atoms with Gasteiger partial charge < -0.3 is 19.7 Å². The lowest BCUT2D eigenvalue weighted by molar-refractivity contribution is 0.0697. The summed E-state index contributed by atoms with van der Waals surface area (Å²) in [6.07, 6.45) is 1.54. The first-order valence-electron chi connectivity index (χ1n) is 9.85. The number of benzene rings is 2. The molecule has 1 heterocycles. The maximum absolute atomic E-state index is 12.2. The standard InChI is InChI=1S/C23H23ClN4O4/c1-4-32-21-8-6-5-7-20(21)26-23(31)27-25-13-16-11-14(2)28(15(16)3)17-9-10-18(22(29)30)19(24)12-17/h5-13H,4H2,1-3H3,(H,29,30)(H2,26,27,31)/b25-13+. The zero-order valence-corrected chi connectivity index (χ0v) is 18.6. The van der Waals surface area contributed by atoms with Crippen molar-refractivity contribution in [3.05, 3.63) is 76.1 Å². The number of urea groups is 1. The second kappa shape index (κ2) is 10.0. The molecule has 2 amide bonds. The zero-order valence-electron chi connectivity index (χ0n) is 17.8. The smallest absolute Gasteiger partial charge is 0.339 e. The van der Waals surface area contributed by atoms with Gasteiger partial charge in [-0.3, -0.25) is 0 Å². The molecule has 166 valence electrons. The molecule has 0 saturated heterocycles. The van der Waals surface area contributed by atoms with Gasteiger partial charge in [0.2, 0.25) is 0 Å². The highest BCUT2D eigenvalue weighted by molar-refractivity contribution is 6.33. The number of hydrogen-bond acceptors (Lipinski definition) is 4. The van der Waals surface area contributed by atoms with E-state index in [1.54, 1.807) is 36.5 Å². The maximum Gasteiger partial charge on any atom is 0.339 e. The quantitative estimate of drug-likeness (QED) is 0.345. The molecule has 3 N–H and O–H groups in total. The number of carboxylic acids is 1. The van der Waals surface area contributed by atoms with Gasteiger partial charge in [-0.15, -0.1) is 0 Å². The van der Waals surface area contributed by atoms with Gasteiger partial charge in [-0.25, -0.2) is 15.0 Å². The van der Waals surface area contributed by atoms with Crippen LogP contribution in [0.1, 0.15) is 34.2 Å². The number of nitrogens with zero attached hydrogens (tertiary/aromatic N) is 2. The largest absolute Gasteiger partial charge is 0.492 e. The minimum absolute atomic E-state index is 0.0424. The van der Waals surface area contributed by atoms with Gasteiger partial charge in [0.25, 0.3) is 0 Å². The Morgan fingerprint density at radius 3 is 2.62 bits per heavy atom. The molecule has 8 nitrogen and oxygen atoms in total. The maximum atomic E-state index is 12.2. The van der Waals surface area contributed by atoms with Crippen molar-refractivity contribution in [2.45, 2.75) is 20.8 Å². The summed E-state index contributed by atoms with van der Waals surface area (Å²) in [7, 11) is 0. The number of hydrogen-bond donors (Lipinski definition) is 3. The molecule has 3 rings (SSSR count). The summed E-state index contributed by atoms with van der Waals surface area (Å²) in [5, 5.41) is 16.1. The minimum Gasteiger partial charge on any atom is -0.492 e. The molecule has 32 heavy (non-hydrogen) atoms. The molecule has 0 aliphatic carbocycles. The number of hydrazone groups is 1. The first-order valence-corrected chi connectivity index (χ1v) is 10.2. The number of aryl methyl sites for hydroxylation is 1. The van der Waals surface area contributed by atoms with Crippen LogP contribution >= 0.6 is 11.6 Å². The van der Waals surface area contributed by atoms with Crippen LogP contribution in [0.3, 0.4) is 0 Å². The summed E-state index contributed by atoms with van der Waals surface area (Å²) in [5.74, 6) is -0.506. The number of nitrogens with one attached hydrogen (secondary N) is 2. The number of aromatic carboxylic acids is 1. The third-order valence-electron chi connectivity index (χ3n) is 4.72. The Bertz CT molecular complexity index is 1190. The van der Waals surface area contributed by atoms with E-state index in [1.165, 1.54) is 6.07 Å². The van der Waals surface area contributed by atoms with Crippen molar-refractivity contribution in [2.75, 3.05) is 11.9 Å². The van der Waals surface area contributed by atoms with Gasteiger partial charge in [-0.1, -0.05) is 23.7 Å². The van der Waals surface area contributed by atoms with Crippen LogP contribution in [0.25, 0.3) is 5.69 Å². The summed E-state index contributed by atoms with van der Waals surface area (Å²) >= 11 is 6.12. The zero-order chi connectivity index (χ0) is 23.3. The molecule has 2 aromatic carbocycles. The number of carbonyl (C=O) groups is 2. The Morgan fingerprint density at radius 2 is 1.94 bits per heavy atom. The second-order valence-corrected chi connectivity index (χ2v) is 7.29. The highest BCUT2D eigenvalue weighted by Crippen LogP contribution is 2.25. The van der Waals surface area contributed by atoms with E-state index in [9.17, 15) is 9.59 Å². The van der Waals surface area contributed by atoms with E-state index in [0.717, 1.165) is 22.6 Å². The van der Waals surface area contributed by atoms with Crippen LogP contribution in [0.4, 0.5) is 10.5 Å². The van der Waals surface area contributed by atoms with Gasteiger partial charge in [-0.05, 0) is 57.2 Å². The van der Waals surface area contributed by atoms with Crippen molar-refractivity contribution < 1.29 is 19.4 Å². The Balaban J connectivity index is 1.73. The summed E-state index contributed by atoms with van der Waals surface area (Å²) in [4.78, 5) is 23.4. The van der Waals surface area contributed by atoms with Crippen molar-refractivity contribution >= 4 is 35.5 Å². The van der Waals surface area contributed by atoms with Crippen LogP contribution in [-0.2, 0) is 0 Å². The highest BCUT2D eigenvalue weighted by atomic mass is 35.5. The predicted octanol–water partition coefficient (Wildman–Crippen LogP) is 5.00. The predicted molar refractivity (Wildman–Crippen MR) is 125 cm³/mol. The lowest BCUT2D eigenvalue weighted by Crippen LogP contribution is -2.24. The summed E-state index contributed by atoms with van der Waals surface area (Å²) in [5.41, 5.74) is 6.30. The molecule has 0 aliphatic rings. The van der Waals surface area contributed by atoms with E-state index in [0.29, 0.717) is 18.0 Å². The molecule has 1 aromatic heterocycles. The topological polar surface area (TPSA) is 105 Å². The van der Waals surface area contributed by atoms with E-state index in [4.69, 9.17) is 21.4 Å². The van der Waals surface area contributed by atoms with Crippen molar-refractivity contribution in [2.24, 2.45) is 5.10 Å². The average molecular weight is 455 g/mol. The normalized spacial score (nSPS) is 10.9. The second-order valence-electron chi connectivity index (χ2n) is 6.88. The van der Waals surface area contributed by atoms with Crippen molar-refractivity contribution in [3.8, 4) is 11.4 Å². The van der Waals surface area contributed by atoms with Crippen LogP contribution in [0.2, 0.25) is 5.02 Å². The van der Waals surface area contributed by atoms with Crippen LogP contribution in [0, 0.1) is 13.8 Å². The number of halogens is 1. The number of carbonyl (C=O) groups excluding carboxylic acids is 1. The van der Waals surface area contributed by atoms with Gasteiger partial charge in [0, 0.05) is 22.6 Å². The van der Waals surface area contributed by atoms with E-state index in [-0.39, 0.29) is 10.6 Å². The molecule has 0 radical (unpaired) electrons. The molecule has 0 saturated carbocycles. The Kier molecular flexibility index (Phi) is 7.17. The summed E-state index contributed by atoms with van der Waals surface area (Å²) < 4.78 is 7.42. The molecular formula is C23H23ClN4O4. The number of amides is 2. The van der Waals surface area contributed by atoms with Crippen molar-refractivity contribution in [1.82, 2.24) is 9.99 Å². The summed E-state index contributed by atoms with van der Waals surface area (Å²) in [6, 6.07) is 13.3. The Morgan fingerprint density at radius 1 is 1.19 bits per heavy atom. The fourth-order valence-corrected chi connectivity index (χ4v) is 3.55. The molecular weight excluding hydrogens is 432 g/mol. The number of ether oxygens (including phenoxy) is 1. The lowest BCUT2D eigenvalue weighted by atomic mass is 10.2.